The van der Waals surface area contributed by atoms with Gasteiger partial charge in [-0.15, -0.1) is 0 Å². The molecule has 1 amide bonds. The van der Waals surface area contributed by atoms with E-state index in [4.69, 9.17) is 11.6 Å². The number of aromatic nitrogens is 2. The standard InChI is InChI=1S/C16H14ClF4N3O2/c1-8(25)22-7-10-5-9(3-4-11(10)18)6-12(26)14-13(17)15(16(19,20)21)23-24(14)2/h3-5H,6-7H2,1-2H3,(H,22,25). The zero-order valence-corrected chi connectivity index (χ0v) is 14.5. The average molecular weight is 392 g/mol. The van der Waals surface area contributed by atoms with E-state index in [1.54, 1.807) is 0 Å². The minimum absolute atomic E-state index is 0.0755. The second-order valence-electron chi connectivity index (χ2n) is 5.57. The largest absolute Gasteiger partial charge is 0.436 e. The lowest BCUT2D eigenvalue weighted by Crippen LogP contribution is -2.20. The molecule has 0 spiro atoms. The van der Waals surface area contributed by atoms with Crippen LogP contribution in [0.5, 0.6) is 0 Å². The van der Waals surface area contributed by atoms with Gasteiger partial charge in [0.15, 0.2) is 11.5 Å². The van der Waals surface area contributed by atoms with Gasteiger partial charge in [-0.05, 0) is 11.6 Å². The van der Waals surface area contributed by atoms with Crippen LogP contribution < -0.4 is 5.32 Å². The molecule has 1 aromatic carbocycles. The van der Waals surface area contributed by atoms with Crippen molar-refractivity contribution in [2.45, 2.75) is 26.1 Å². The van der Waals surface area contributed by atoms with Crippen LogP contribution in [0.3, 0.4) is 0 Å². The summed E-state index contributed by atoms with van der Waals surface area (Å²) in [7, 11) is 1.18. The number of Topliss-reactive ketones (excluding diaryl/α,β-unsaturated/α-hetero) is 1. The Morgan fingerprint density at radius 1 is 1.31 bits per heavy atom. The number of halogens is 5. The highest BCUT2D eigenvalue weighted by Gasteiger charge is 2.39. The van der Waals surface area contributed by atoms with Crippen molar-refractivity contribution in [3.05, 3.63) is 51.6 Å². The zero-order chi connectivity index (χ0) is 19.6. The summed E-state index contributed by atoms with van der Waals surface area (Å²) in [6, 6.07) is 3.81. The van der Waals surface area contributed by atoms with Crippen molar-refractivity contribution in [3.8, 4) is 0 Å². The van der Waals surface area contributed by atoms with Gasteiger partial charge in [0.05, 0.1) is 0 Å². The number of hydrogen-bond donors (Lipinski definition) is 1. The summed E-state index contributed by atoms with van der Waals surface area (Å²) >= 11 is 5.68. The second kappa shape index (κ2) is 7.45. The van der Waals surface area contributed by atoms with Gasteiger partial charge in [-0.2, -0.15) is 18.3 Å². The number of hydrogen-bond acceptors (Lipinski definition) is 3. The first-order valence-corrected chi connectivity index (χ1v) is 7.73. The number of alkyl halides is 3. The Morgan fingerprint density at radius 3 is 2.50 bits per heavy atom. The highest BCUT2D eigenvalue weighted by molar-refractivity contribution is 6.34. The molecule has 2 rings (SSSR count). The third-order valence-electron chi connectivity index (χ3n) is 3.52. The van der Waals surface area contributed by atoms with Crippen molar-refractivity contribution in [1.29, 1.82) is 0 Å². The van der Waals surface area contributed by atoms with E-state index >= 15 is 0 Å². The Hall–Kier alpha value is -2.42. The first-order chi connectivity index (χ1) is 12.0. The maximum absolute atomic E-state index is 13.7. The second-order valence-corrected chi connectivity index (χ2v) is 5.95. The van der Waals surface area contributed by atoms with E-state index in [1.165, 1.54) is 26.1 Å². The minimum atomic E-state index is -4.78. The van der Waals surface area contributed by atoms with E-state index in [0.717, 1.165) is 10.7 Å². The van der Waals surface area contributed by atoms with Gasteiger partial charge in [-0.25, -0.2) is 4.39 Å². The highest BCUT2D eigenvalue weighted by Crippen LogP contribution is 2.35. The first-order valence-electron chi connectivity index (χ1n) is 7.35. The number of aryl methyl sites for hydroxylation is 1. The van der Waals surface area contributed by atoms with Crippen LogP contribution >= 0.6 is 11.6 Å². The van der Waals surface area contributed by atoms with Gasteiger partial charge in [0.1, 0.15) is 16.5 Å². The maximum atomic E-state index is 13.7. The predicted octanol–water partition coefficient (Wildman–Crippen LogP) is 3.29. The number of ketones is 1. The molecule has 0 unspecified atom stereocenters. The predicted molar refractivity (Wildman–Crippen MR) is 85.2 cm³/mol. The van der Waals surface area contributed by atoms with Crippen molar-refractivity contribution >= 4 is 23.3 Å². The lowest BCUT2D eigenvalue weighted by Gasteiger charge is -2.08. The van der Waals surface area contributed by atoms with Gasteiger partial charge < -0.3 is 5.32 Å². The van der Waals surface area contributed by atoms with Crippen LogP contribution in [-0.4, -0.2) is 21.5 Å². The van der Waals surface area contributed by atoms with Crippen LogP contribution in [0.25, 0.3) is 0 Å². The van der Waals surface area contributed by atoms with E-state index in [1.807, 2.05) is 0 Å². The zero-order valence-electron chi connectivity index (χ0n) is 13.7. The van der Waals surface area contributed by atoms with Crippen LogP contribution in [0.4, 0.5) is 17.6 Å². The summed E-state index contributed by atoms with van der Waals surface area (Å²) < 4.78 is 53.0. The van der Waals surface area contributed by atoms with Crippen molar-refractivity contribution in [2.75, 3.05) is 0 Å². The average Bonchev–Trinajstić information content (AvgIpc) is 2.82. The van der Waals surface area contributed by atoms with Gasteiger partial charge in [-0.1, -0.05) is 23.7 Å². The Balaban J connectivity index is 2.27. The molecule has 0 radical (unpaired) electrons. The van der Waals surface area contributed by atoms with E-state index in [9.17, 15) is 27.2 Å². The molecule has 5 nitrogen and oxygen atoms in total. The number of nitrogens with one attached hydrogen (secondary N) is 1. The van der Waals surface area contributed by atoms with Crippen molar-refractivity contribution in [1.82, 2.24) is 15.1 Å². The van der Waals surface area contributed by atoms with Gasteiger partial charge >= 0.3 is 6.18 Å². The number of rotatable bonds is 5. The van der Waals surface area contributed by atoms with Gasteiger partial charge in [0, 0.05) is 32.5 Å². The Kier molecular flexibility index (Phi) is 5.70. The molecule has 0 saturated heterocycles. The van der Waals surface area contributed by atoms with Crippen molar-refractivity contribution < 1.29 is 27.2 Å². The molecule has 2 aromatic rings. The van der Waals surface area contributed by atoms with Crippen LogP contribution in [0, 0.1) is 5.82 Å². The molecule has 0 saturated carbocycles. The molecule has 140 valence electrons. The van der Waals surface area contributed by atoms with Crippen LogP contribution in [-0.2, 0) is 31.0 Å². The molecule has 1 N–H and O–H groups in total. The molecule has 0 atom stereocenters. The Bertz CT molecular complexity index is 862. The van der Waals surface area contributed by atoms with Crippen LogP contribution in [0.15, 0.2) is 18.2 Å². The molecular weight excluding hydrogens is 378 g/mol. The van der Waals surface area contributed by atoms with Crippen LogP contribution in [0.2, 0.25) is 5.02 Å². The topological polar surface area (TPSA) is 64.0 Å². The quantitative estimate of drug-likeness (QED) is 0.628. The molecule has 0 aliphatic heterocycles. The number of benzene rings is 1. The lowest BCUT2D eigenvalue weighted by molar-refractivity contribution is -0.141. The number of amides is 1. The van der Waals surface area contributed by atoms with E-state index in [2.05, 4.69) is 10.4 Å². The van der Waals surface area contributed by atoms with Crippen LogP contribution in [0.1, 0.15) is 34.2 Å². The highest BCUT2D eigenvalue weighted by atomic mass is 35.5. The summed E-state index contributed by atoms with van der Waals surface area (Å²) in [4.78, 5) is 23.3. The molecule has 0 aliphatic carbocycles. The fraction of sp³-hybridized carbons (Fsp3) is 0.312. The lowest BCUT2D eigenvalue weighted by atomic mass is 10.0. The third-order valence-corrected chi connectivity index (χ3v) is 3.88. The summed E-state index contributed by atoms with van der Waals surface area (Å²) in [5.41, 5.74) is -1.21. The molecule has 0 bridgehead atoms. The molecule has 1 heterocycles. The van der Waals surface area contributed by atoms with Crippen molar-refractivity contribution in [2.24, 2.45) is 7.05 Å². The molecule has 1 aromatic heterocycles. The fourth-order valence-electron chi connectivity index (χ4n) is 2.34. The Labute approximate surface area is 150 Å². The number of carbonyl (C=O) groups is 2. The summed E-state index contributed by atoms with van der Waals surface area (Å²) in [6.07, 6.45) is -5.08. The SMILES string of the molecule is CC(=O)NCc1cc(CC(=O)c2c(Cl)c(C(F)(F)F)nn2C)ccc1F. The Morgan fingerprint density at radius 2 is 1.96 bits per heavy atom. The van der Waals surface area contributed by atoms with E-state index in [0.29, 0.717) is 5.56 Å². The van der Waals surface area contributed by atoms with E-state index < -0.39 is 28.5 Å². The van der Waals surface area contributed by atoms with Crippen molar-refractivity contribution in [3.63, 3.8) is 0 Å². The molecule has 10 heteroatoms. The molecule has 0 fully saturated rings. The summed E-state index contributed by atoms with van der Waals surface area (Å²) in [6.45, 7) is 1.20. The monoisotopic (exact) mass is 391 g/mol. The number of carbonyl (C=O) groups excluding carboxylic acids is 2. The summed E-state index contributed by atoms with van der Waals surface area (Å²) in [5, 5.41) is 4.91. The minimum Gasteiger partial charge on any atom is -0.352 e. The van der Waals surface area contributed by atoms with Gasteiger partial charge in [0.2, 0.25) is 5.91 Å². The first kappa shape index (κ1) is 19.9. The third kappa shape index (κ3) is 4.40. The summed E-state index contributed by atoms with van der Waals surface area (Å²) in [5.74, 6) is -1.63. The van der Waals surface area contributed by atoms with Gasteiger partial charge in [0.25, 0.3) is 0 Å². The molecule has 0 aliphatic rings. The maximum Gasteiger partial charge on any atom is 0.436 e. The van der Waals surface area contributed by atoms with E-state index in [-0.39, 0.29) is 30.1 Å². The smallest absolute Gasteiger partial charge is 0.352 e. The molecule has 26 heavy (non-hydrogen) atoms. The van der Waals surface area contributed by atoms with Gasteiger partial charge in [-0.3, -0.25) is 14.3 Å². The normalized spacial score (nSPS) is 11.5. The molecular formula is C16H14ClF4N3O2. The fourth-order valence-corrected chi connectivity index (χ4v) is 2.72. The number of nitrogens with zero attached hydrogens (tertiary/aromatic N) is 2.